The first kappa shape index (κ1) is 9.00. The van der Waals surface area contributed by atoms with Crippen LogP contribution in [0.15, 0.2) is 29.6 Å². The van der Waals surface area contributed by atoms with Gasteiger partial charge in [-0.15, -0.1) is 11.3 Å². The van der Waals surface area contributed by atoms with Crippen molar-refractivity contribution in [3.8, 4) is 0 Å². The maximum atomic E-state index is 9.29. The summed E-state index contributed by atoms with van der Waals surface area (Å²) in [4.78, 5) is 1.18. The van der Waals surface area contributed by atoms with Gasteiger partial charge in [0.25, 0.3) is 0 Å². The molecule has 2 heterocycles. The average molecular weight is 194 g/mol. The standard InChI is InChI=1S/C9H11BO2S/c1-7-4-5-10(11)12-9(7)8-3-2-6-13-8/h2-7,9,11H,1H3/t7-,9-/m1/s1. The third-order valence-corrected chi connectivity index (χ3v) is 3.10. The highest BCUT2D eigenvalue weighted by Gasteiger charge is 2.27. The van der Waals surface area contributed by atoms with Crippen molar-refractivity contribution in [1.29, 1.82) is 0 Å². The first-order valence-corrected chi connectivity index (χ1v) is 5.20. The van der Waals surface area contributed by atoms with Crippen LogP contribution in [0.1, 0.15) is 17.9 Å². The largest absolute Gasteiger partial charge is 0.483 e. The molecular formula is C9H11BO2S. The van der Waals surface area contributed by atoms with Crippen LogP contribution < -0.4 is 0 Å². The summed E-state index contributed by atoms with van der Waals surface area (Å²) < 4.78 is 5.42. The lowest BCUT2D eigenvalue weighted by Crippen LogP contribution is -2.26. The molecule has 1 aromatic rings. The lowest BCUT2D eigenvalue weighted by molar-refractivity contribution is 0.136. The first-order valence-electron chi connectivity index (χ1n) is 4.32. The van der Waals surface area contributed by atoms with E-state index in [1.165, 1.54) is 4.88 Å². The van der Waals surface area contributed by atoms with Gasteiger partial charge in [-0.3, -0.25) is 0 Å². The lowest BCUT2D eigenvalue weighted by atomic mass is 9.82. The highest BCUT2D eigenvalue weighted by molar-refractivity contribution is 7.10. The summed E-state index contributed by atoms with van der Waals surface area (Å²) >= 11 is 1.67. The van der Waals surface area contributed by atoms with Crippen molar-refractivity contribution in [3.05, 3.63) is 34.4 Å². The van der Waals surface area contributed by atoms with Crippen LogP contribution in [0.2, 0.25) is 0 Å². The summed E-state index contributed by atoms with van der Waals surface area (Å²) in [7, 11) is -0.747. The summed E-state index contributed by atoms with van der Waals surface area (Å²) in [5, 5.41) is 11.3. The van der Waals surface area contributed by atoms with Crippen molar-refractivity contribution in [3.63, 3.8) is 0 Å². The second kappa shape index (κ2) is 3.66. The highest BCUT2D eigenvalue weighted by Crippen LogP contribution is 2.33. The predicted molar refractivity (Wildman–Crippen MR) is 54.4 cm³/mol. The zero-order valence-electron chi connectivity index (χ0n) is 7.38. The molecule has 4 heteroatoms. The maximum Gasteiger partial charge on any atom is 0.483 e. The Morgan fingerprint density at radius 2 is 2.46 bits per heavy atom. The molecule has 0 saturated carbocycles. The van der Waals surface area contributed by atoms with Gasteiger partial charge in [-0.25, -0.2) is 0 Å². The Bertz CT molecular complexity index is 297. The van der Waals surface area contributed by atoms with Crippen LogP contribution in [0.4, 0.5) is 0 Å². The van der Waals surface area contributed by atoms with Crippen LogP contribution in [-0.2, 0) is 4.65 Å². The monoisotopic (exact) mass is 194 g/mol. The fourth-order valence-electron chi connectivity index (χ4n) is 1.47. The Morgan fingerprint density at radius 1 is 1.62 bits per heavy atom. The van der Waals surface area contributed by atoms with E-state index in [9.17, 15) is 5.02 Å². The van der Waals surface area contributed by atoms with E-state index in [0.717, 1.165) is 0 Å². The highest BCUT2D eigenvalue weighted by atomic mass is 32.1. The minimum atomic E-state index is -0.747. The van der Waals surface area contributed by atoms with Gasteiger partial charge in [-0.05, 0) is 11.4 Å². The smallest absolute Gasteiger partial charge is 0.423 e. The molecule has 0 aromatic carbocycles. The third-order valence-electron chi connectivity index (χ3n) is 2.17. The van der Waals surface area contributed by atoms with E-state index in [1.807, 2.05) is 23.6 Å². The van der Waals surface area contributed by atoms with Crippen LogP contribution in [0, 0.1) is 5.92 Å². The minimum Gasteiger partial charge on any atom is -0.423 e. The molecule has 13 heavy (non-hydrogen) atoms. The van der Waals surface area contributed by atoms with Crippen LogP contribution in [0.3, 0.4) is 0 Å². The van der Waals surface area contributed by atoms with Crippen molar-refractivity contribution >= 4 is 18.5 Å². The molecule has 0 saturated heterocycles. The molecule has 1 aliphatic heterocycles. The van der Waals surface area contributed by atoms with E-state index < -0.39 is 7.12 Å². The second-order valence-corrected chi connectivity index (χ2v) is 4.19. The van der Waals surface area contributed by atoms with Gasteiger partial charge in [-0.1, -0.05) is 25.0 Å². The topological polar surface area (TPSA) is 29.5 Å². The number of hydrogen-bond acceptors (Lipinski definition) is 3. The Hall–Kier alpha value is -0.575. The molecule has 2 nitrogen and oxygen atoms in total. The SMILES string of the molecule is C[C@@H]1C=CB(O)O[C@H]1c1cccs1. The average Bonchev–Trinajstić information content (AvgIpc) is 2.61. The van der Waals surface area contributed by atoms with Crippen LogP contribution in [0.5, 0.6) is 0 Å². The van der Waals surface area contributed by atoms with Crippen LogP contribution in [-0.4, -0.2) is 12.1 Å². The van der Waals surface area contributed by atoms with Crippen molar-refractivity contribution in [2.24, 2.45) is 5.92 Å². The fourth-order valence-corrected chi connectivity index (χ4v) is 2.35. The van der Waals surface area contributed by atoms with Crippen molar-refractivity contribution in [1.82, 2.24) is 0 Å². The quantitative estimate of drug-likeness (QED) is 0.693. The molecule has 0 amide bonds. The van der Waals surface area contributed by atoms with Crippen molar-refractivity contribution < 1.29 is 9.68 Å². The van der Waals surface area contributed by atoms with E-state index >= 15 is 0 Å². The van der Waals surface area contributed by atoms with E-state index in [2.05, 4.69) is 6.92 Å². The molecule has 0 unspecified atom stereocenters. The number of thiophene rings is 1. The van der Waals surface area contributed by atoms with E-state index in [0.29, 0.717) is 5.92 Å². The summed E-state index contributed by atoms with van der Waals surface area (Å²) in [5.41, 5.74) is 0. The molecule has 1 N–H and O–H groups in total. The van der Waals surface area contributed by atoms with Gasteiger partial charge >= 0.3 is 7.12 Å². The molecular weight excluding hydrogens is 183 g/mol. The Kier molecular flexibility index (Phi) is 2.53. The first-order chi connectivity index (χ1) is 6.27. The van der Waals surface area contributed by atoms with E-state index in [-0.39, 0.29) is 6.10 Å². The lowest BCUT2D eigenvalue weighted by Gasteiger charge is -2.25. The molecule has 68 valence electrons. The van der Waals surface area contributed by atoms with Crippen LogP contribution >= 0.6 is 11.3 Å². The van der Waals surface area contributed by atoms with Gasteiger partial charge in [0, 0.05) is 10.8 Å². The number of hydrogen-bond donors (Lipinski definition) is 1. The summed E-state index contributed by atoms with van der Waals surface area (Å²) in [6.07, 6.45) is 2.01. The fraction of sp³-hybridized carbons (Fsp3) is 0.333. The minimum absolute atomic E-state index is 0.0139. The Morgan fingerprint density at radius 3 is 3.15 bits per heavy atom. The Balaban J connectivity index is 2.20. The third kappa shape index (κ3) is 1.85. The summed E-state index contributed by atoms with van der Waals surface area (Å²) in [5.74, 6) is 2.02. The van der Waals surface area contributed by atoms with Gasteiger partial charge in [-0.2, -0.15) is 0 Å². The van der Waals surface area contributed by atoms with E-state index in [1.54, 1.807) is 17.3 Å². The molecule has 0 bridgehead atoms. The molecule has 0 fully saturated rings. The molecule has 2 atom stereocenters. The maximum absolute atomic E-state index is 9.29. The second-order valence-electron chi connectivity index (χ2n) is 3.21. The molecule has 2 rings (SSSR count). The Labute approximate surface area is 82.0 Å². The molecule has 0 radical (unpaired) electrons. The van der Waals surface area contributed by atoms with Gasteiger partial charge < -0.3 is 9.68 Å². The molecule has 0 aliphatic carbocycles. The van der Waals surface area contributed by atoms with Gasteiger partial charge in [0.2, 0.25) is 0 Å². The molecule has 0 spiro atoms. The van der Waals surface area contributed by atoms with Crippen molar-refractivity contribution in [2.75, 3.05) is 0 Å². The van der Waals surface area contributed by atoms with E-state index in [4.69, 9.17) is 4.65 Å². The van der Waals surface area contributed by atoms with Gasteiger partial charge in [0.15, 0.2) is 0 Å². The summed E-state index contributed by atoms with van der Waals surface area (Å²) in [6.45, 7) is 2.09. The zero-order valence-corrected chi connectivity index (χ0v) is 8.20. The normalized spacial score (nSPS) is 28.0. The van der Waals surface area contributed by atoms with Crippen LogP contribution in [0.25, 0.3) is 0 Å². The molecule has 1 aromatic heterocycles. The zero-order chi connectivity index (χ0) is 9.26. The number of rotatable bonds is 1. The molecule has 1 aliphatic rings. The van der Waals surface area contributed by atoms with Gasteiger partial charge in [0.1, 0.15) is 0 Å². The summed E-state index contributed by atoms with van der Waals surface area (Å²) in [6, 6.07) is 4.04. The predicted octanol–water partition coefficient (Wildman–Crippen LogP) is 2.03. The van der Waals surface area contributed by atoms with Gasteiger partial charge in [0.05, 0.1) is 6.10 Å². The van der Waals surface area contributed by atoms with Crippen molar-refractivity contribution in [2.45, 2.75) is 13.0 Å².